The van der Waals surface area contributed by atoms with Gasteiger partial charge in [0, 0.05) is 38.0 Å². The van der Waals surface area contributed by atoms with E-state index in [0.717, 1.165) is 16.8 Å². The molecular weight excluding hydrogens is 424 g/mol. The Labute approximate surface area is 176 Å². The number of fused-ring (bicyclic) bond motifs is 1. The second kappa shape index (κ2) is 7.73. The number of hydrogen-bond acceptors (Lipinski definition) is 2. The van der Waals surface area contributed by atoms with Gasteiger partial charge in [-0.25, -0.2) is 13.2 Å². The van der Waals surface area contributed by atoms with Crippen molar-refractivity contribution in [2.45, 2.75) is 38.2 Å². The van der Waals surface area contributed by atoms with Crippen LogP contribution in [0.1, 0.15) is 30.4 Å². The standard InChI is InChI=1S/C21H19Cl2F3N2O/c22-17-8-13-11-28(15-3-1-14(24)2-4-15)6-5-16(13)19(23)20(17)27-18(29)7-12-9-21(25,26)10-12/h1-4,8,12H,5-7,9-11H2,(H,27,29). The number of hydrogen-bond donors (Lipinski definition) is 1. The van der Waals surface area contributed by atoms with Crippen molar-refractivity contribution in [2.24, 2.45) is 5.92 Å². The van der Waals surface area contributed by atoms with Gasteiger partial charge in [0.2, 0.25) is 11.8 Å². The van der Waals surface area contributed by atoms with Crippen molar-refractivity contribution < 1.29 is 18.0 Å². The minimum Gasteiger partial charge on any atom is -0.367 e. The molecule has 1 N–H and O–H groups in total. The van der Waals surface area contributed by atoms with Crippen molar-refractivity contribution in [2.75, 3.05) is 16.8 Å². The van der Waals surface area contributed by atoms with Gasteiger partial charge in [0.15, 0.2) is 0 Å². The number of nitrogens with one attached hydrogen (secondary N) is 1. The van der Waals surface area contributed by atoms with Crippen LogP contribution in [0.25, 0.3) is 0 Å². The van der Waals surface area contributed by atoms with Gasteiger partial charge in [-0.1, -0.05) is 23.2 Å². The second-order valence-corrected chi connectivity index (χ2v) is 8.50. The molecule has 0 atom stereocenters. The first-order valence-corrected chi connectivity index (χ1v) is 10.2. The lowest BCUT2D eigenvalue weighted by atomic mass is 9.79. The normalized spacial score (nSPS) is 18.2. The average molecular weight is 443 g/mol. The van der Waals surface area contributed by atoms with Crippen molar-refractivity contribution in [1.82, 2.24) is 0 Å². The molecule has 1 aliphatic carbocycles. The Morgan fingerprint density at radius 3 is 2.55 bits per heavy atom. The van der Waals surface area contributed by atoms with Crippen LogP contribution in [0.3, 0.4) is 0 Å². The number of carbonyl (C=O) groups excluding carboxylic acids is 1. The predicted molar refractivity (Wildman–Crippen MR) is 109 cm³/mol. The summed E-state index contributed by atoms with van der Waals surface area (Å²) in [5, 5.41) is 3.40. The zero-order chi connectivity index (χ0) is 20.8. The first-order valence-electron chi connectivity index (χ1n) is 9.40. The lowest BCUT2D eigenvalue weighted by Gasteiger charge is -2.34. The molecule has 1 fully saturated rings. The fourth-order valence-corrected chi connectivity index (χ4v) is 4.71. The predicted octanol–water partition coefficient (Wildman–Crippen LogP) is 6.07. The Bertz CT molecular complexity index is 942. The van der Waals surface area contributed by atoms with Crippen molar-refractivity contribution in [3.8, 4) is 0 Å². The number of rotatable bonds is 4. The average Bonchev–Trinajstić information content (AvgIpc) is 2.64. The Balaban J connectivity index is 1.48. The monoisotopic (exact) mass is 442 g/mol. The van der Waals surface area contributed by atoms with E-state index >= 15 is 0 Å². The highest BCUT2D eigenvalue weighted by molar-refractivity contribution is 6.40. The van der Waals surface area contributed by atoms with Crippen LogP contribution in [0.15, 0.2) is 30.3 Å². The van der Waals surface area contributed by atoms with Gasteiger partial charge >= 0.3 is 0 Å². The minimum atomic E-state index is -2.65. The Morgan fingerprint density at radius 2 is 1.90 bits per heavy atom. The molecule has 3 nitrogen and oxygen atoms in total. The summed E-state index contributed by atoms with van der Waals surface area (Å²) in [5.74, 6) is -3.62. The Morgan fingerprint density at radius 1 is 1.21 bits per heavy atom. The molecule has 29 heavy (non-hydrogen) atoms. The van der Waals surface area contributed by atoms with Crippen LogP contribution in [0.2, 0.25) is 10.0 Å². The summed E-state index contributed by atoms with van der Waals surface area (Å²) in [7, 11) is 0. The molecule has 2 aromatic carbocycles. The minimum absolute atomic E-state index is 0.0255. The van der Waals surface area contributed by atoms with Crippen LogP contribution in [-0.2, 0) is 17.8 Å². The topological polar surface area (TPSA) is 32.3 Å². The molecule has 0 saturated heterocycles. The maximum Gasteiger partial charge on any atom is 0.248 e. The van der Waals surface area contributed by atoms with Crippen LogP contribution in [0.5, 0.6) is 0 Å². The molecule has 8 heteroatoms. The third-order valence-electron chi connectivity index (χ3n) is 5.51. The number of carbonyl (C=O) groups is 1. The Hall–Kier alpha value is -1.92. The highest BCUT2D eigenvalue weighted by atomic mass is 35.5. The van der Waals surface area contributed by atoms with Crippen LogP contribution < -0.4 is 10.2 Å². The summed E-state index contributed by atoms with van der Waals surface area (Å²) in [6.07, 6.45) is 0.148. The number of nitrogens with zero attached hydrogens (tertiary/aromatic N) is 1. The van der Waals surface area contributed by atoms with Crippen LogP contribution in [0.4, 0.5) is 24.5 Å². The first kappa shape index (κ1) is 20.4. The molecule has 0 spiro atoms. The maximum atomic E-state index is 13.2. The molecule has 154 valence electrons. The van der Waals surface area contributed by atoms with Crippen LogP contribution in [0, 0.1) is 11.7 Å². The fourth-order valence-electron chi connectivity index (χ4n) is 4.02. The van der Waals surface area contributed by atoms with Gasteiger partial charge in [-0.2, -0.15) is 0 Å². The molecule has 1 heterocycles. The molecule has 0 bridgehead atoms. The third-order valence-corrected chi connectivity index (χ3v) is 6.22. The molecule has 4 rings (SSSR count). The van der Waals surface area contributed by atoms with E-state index in [1.54, 1.807) is 18.2 Å². The van der Waals surface area contributed by atoms with Gasteiger partial charge < -0.3 is 10.2 Å². The summed E-state index contributed by atoms with van der Waals surface area (Å²) in [5.41, 5.74) is 3.07. The highest BCUT2D eigenvalue weighted by Crippen LogP contribution is 2.44. The van der Waals surface area contributed by atoms with E-state index in [2.05, 4.69) is 10.2 Å². The summed E-state index contributed by atoms with van der Waals surface area (Å²) in [6.45, 7) is 1.25. The van der Waals surface area contributed by atoms with E-state index in [9.17, 15) is 18.0 Å². The summed E-state index contributed by atoms with van der Waals surface area (Å²) in [6, 6.07) is 8.05. The SMILES string of the molecule is O=C(CC1CC(F)(F)C1)Nc1c(Cl)cc2c(c1Cl)CCN(c1ccc(F)cc1)C2. The maximum absolute atomic E-state index is 13.2. The van der Waals surface area contributed by atoms with Crippen molar-refractivity contribution in [3.05, 3.63) is 57.3 Å². The van der Waals surface area contributed by atoms with Crippen molar-refractivity contribution in [1.29, 1.82) is 0 Å². The fraction of sp³-hybridized carbons (Fsp3) is 0.381. The van der Waals surface area contributed by atoms with Gasteiger partial charge in [-0.15, -0.1) is 0 Å². The summed E-state index contributed by atoms with van der Waals surface area (Å²) in [4.78, 5) is 14.4. The number of anilines is 2. The zero-order valence-corrected chi connectivity index (χ0v) is 17.0. The van der Waals surface area contributed by atoms with E-state index in [1.165, 1.54) is 12.1 Å². The molecule has 1 amide bonds. The van der Waals surface area contributed by atoms with Gasteiger partial charge in [-0.05, 0) is 53.8 Å². The third kappa shape index (κ3) is 4.33. The lowest BCUT2D eigenvalue weighted by Crippen LogP contribution is -2.37. The van der Waals surface area contributed by atoms with Crippen LogP contribution in [-0.4, -0.2) is 18.4 Å². The molecule has 1 saturated carbocycles. The van der Waals surface area contributed by atoms with Gasteiger partial charge in [0.05, 0.1) is 15.7 Å². The molecule has 0 radical (unpaired) electrons. The number of amides is 1. The van der Waals surface area contributed by atoms with E-state index in [-0.39, 0.29) is 36.9 Å². The highest BCUT2D eigenvalue weighted by Gasteiger charge is 2.45. The van der Waals surface area contributed by atoms with Crippen LogP contribution >= 0.6 is 23.2 Å². The zero-order valence-electron chi connectivity index (χ0n) is 15.5. The molecule has 2 aromatic rings. The first-order chi connectivity index (χ1) is 13.7. The smallest absolute Gasteiger partial charge is 0.248 e. The summed E-state index contributed by atoms with van der Waals surface area (Å²) >= 11 is 12.9. The largest absolute Gasteiger partial charge is 0.367 e. The van der Waals surface area contributed by atoms with Crippen molar-refractivity contribution >= 4 is 40.5 Å². The Kier molecular flexibility index (Phi) is 5.42. The quantitative estimate of drug-likeness (QED) is 0.622. The van der Waals surface area contributed by atoms with Gasteiger partial charge in [0.1, 0.15) is 5.82 Å². The molecular formula is C21H19Cl2F3N2O. The van der Waals surface area contributed by atoms with E-state index < -0.39 is 5.92 Å². The van der Waals surface area contributed by atoms with Gasteiger partial charge in [-0.3, -0.25) is 4.79 Å². The van der Waals surface area contributed by atoms with Crippen molar-refractivity contribution in [3.63, 3.8) is 0 Å². The molecule has 1 aliphatic heterocycles. The van der Waals surface area contributed by atoms with E-state index in [1.807, 2.05) is 0 Å². The second-order valence-electron chi connectivity index (χ2n) is 7.72. The number of benzene rings is 2. The lowest BCUT2D eigenvalue weighted by molar-refractivity contribution is -0.129. The van der Waals surface area contributed by atoms with Gasteiger partial charge in [0.25, 0.3) is 0 Å². The number of alkyl halides is 2. The molecule has 0 aromatic heterocycles. The van der Waals surface area contributed by atoms with E-state index in [0.29, 0.717) is 35.2 Å². The number of halogens is 5. The summed E-state index contributed by atoms with van der Waals surface area (Å²) < 4.78 is 39.1. The molecule has 0 unspecified atom stereocenters. The molecule has 2 aliphatic rings. The van der Waals surface area contributed by atoms with E-state index in [4.69, 9.17) is 23.2 Å².